The molecule has 3 rings (SSSR count). The van der Waals surface area contributed by atoms with E-state index in [1.54, 1.807) is 4.90 Å². The number of halogens is 1. The van der Waals surface area contributed by atoms with E-state index in [4.69, 9.17) is 0 Å². The predicted octanol–water partition coefficient (Wildman–Crippen LogP) is 1.18. The van der Waals surface area contributed by atoms with Gasteiger partial charge in [0.2, 0.25) is 0 Å². The van der Waals surface area contributed by atoms with Crippen LogP contribution in [-0.4, -0.2) is 55.1 Å². The van der Waals surface area contributed by atoms with E-state index in [0.29, 0.717) is 31.9 Å². The molecule has 124 valence electrons. The number of hydrogen-bond donors (Lipinski definition) is 2. The molecule has 2 N–H and O–H groups in total. The Kier molecular flexibility index (Phi) is 4.21. The van der Waals surface area contributed by atoms with Crippen molar-refractivity contribution in [3.8, 4) is 0 Å². The minimum absolute atomic E-state index is 0.0168. The molecule has 0 radical (unpaired) electrons. The molecule has 0 spiro atoms. The van der Waals surface area contributed by atoms with Crippen molar-refractivity contribution in [2.24, 2.45) is 0 Å². The molecule has 0 aliphatic carbocycles. The van der Waals surface area contributed by atoms with Gasteiger partial charge in [-0.2, -0.15) is 0 Å². The zero-order chi connectivity index (χ0) is 16.6. The van der Waals surface area contributed by atoms with Gasteiger partial charge in [-0.05, 0) is 32.0 Å². The SMILES string of the molecule is CC1NCCN(C(=O)c2cc(N3CCNC3=O)ccc2F)C1C. The molecule has 0 aromatic heterocycles. The number of amides is 3. The average Bonchev–Trinajstić information content (AvgIpc) is 2.96. The summed E-state index contributed by atoms with van der Waals surface area (Å²) in [7, 11) is 0. The standard InChI is InChI=1S/C16H21FN4O2/c1-10-11(2)20(7-5-18-10)15(22)13-9-12(3-4-14(13)17)21-8-6-19-16(21)23/h3-4,9-11,18H,5-8H2,1-2H3,(H,19,23). The van der Waals surface area contributed by atoms with Gasteiger partial charge in [-0.3, -0.25) is 9.69 Å². The minimum Gasteiger partial charge on any atom is -0.336 e. The second-order valence-electron chi connectivity index (χ2n) is 6.03. The van der Waals surface area contributed by atoms with Gasteiger partial charge < -0.3 is 15.5 Å². The number of nitrogens with one attached hydrogen (secondary N) is 2. The molecule has 2 aliphatic heterocycles. The molecule has 0 saturated carbocycles. The van der Waals surface area contributed by atoms with Gasteiger partial charge in [0.15, 0.2) is 0 Å². The van der Waals surface area contributed by atoms with Crippen LogP contribution in [0.25, 0.3) is 0 Å². The summed E-state index contributed by atoms with van der Waals surface area (Å²) in [6.07, 6.45) is 0. The van der Waals surface area contributed by atoms with Crippen LogP contribution in [-0.2, 0) is 0 Å². The molecule has 2 atom stereocenters. The van der Waals surface area contributed by atoms with Crippen molar-refractivity contribution in [2.45, 2.75) is 25.9 Å². The smallest absolute Gasteiger partial charge is 0.321 e. The summed E-state index contributed by atoms with van der Waals surface area (Å²) >= 11 is 0. The first-order valence-corrected chi connectivity index (χ1v) is 7.88. The van der Waals surface area contributed by atoms with Crippen LogP contribution in [0.4, 0.5) is 14.9 Å². The summed E-state index contributed by atoms with van der Waals surface area (Å²) in [6.45, 7) is 6.24. The van der Waals surface area contributed by atoms with Crippen molar-refractivity contribution in [2.75, 3.05) is 31.1 Å². The Labute approximate surface area is 134 Å². The molecule has 0 bridgehead atoms. The Hall–Kier alpha value is -2.15. The van der Waals surface area contributed by atoms with Crippen LogP contribution in [0, 0.1) is 5.82 Å². The molecular formula is C16H21FN4O2. The van der Waals surface area contributed by atoms with Crippen LogP contribution < -0.4 is 15.5 Å². The normalized spacial score (nSPS) is 24.7. The lowest BCUT2D eigenvalue weighted by Gasteiger charge is -2.38. The van der Waals surface area contributed by atoms with Crippen molar-refractivity contribution in [1.29, 1.82) is 0 Å². The summed E-state index contributed by atoms with van der Waals surface area (Å²) in [6, 6.07) is 4.17. The molecule has 1 aromatic carbocycles. The van der Waals surface area contributed by atoms with E-state index in [1.807, 2.05) is 13.8 Å². The third-order valence-electron chi connectivity index (χ3n) is 4.64. The van der Waals surface area contributed by atoms with Gasteiger partial charge in [-0.1, -0.05) is 0 Å². The Bertz CT molecular complexity index is 637. The van der Waals surface area contributed by atoms with Crippen LogP contribution in [0.2, 0.25) is 0 Å². The van der Waals surface area contributed by atoms with Crippen molar-refractivity contribution in [1.82, 2.24) is 15.5 Å². The highest BCUT2D eigenvalue weighted by molar-refractivity contribution is 5.98. The lowest BCUT2D eigenvalue weighted by molar-refractivity contribution is 0.0598. The second kappa shape index (κ2) is 6.16. The highest BCUT2D eigenvalue weighted by Gasteiger charge is 2.31. The van der Waals surface area contributed by atoms with Gasteiger partial charge in [-0.25, -0.2) is 9.18 Å². The quantitative estimate of drug-likeness (QED) is 0.860. The molecule has 1 aromatic rings. The molecule has 2 heterocycles. The maximum absolute atomic E-state index is 14.2. The first kappa shape index (κ1) is 15.7. The Morgan fingerprint density at radius 3 is 2.74 bits per heavy atom. The van der Waals surface area contributed by atoms with Crippen molar-refractivity contribution >= 4 is 17.6 Å². The highest BCUT2D eigenvalue weighted by Crippen LogP contribution is 2.23. The van der Waals surface area contributed by atoms with Crippen LogP contribution in [0.15, 0.2) is 18.2 Å². The molecule has 2 aliphatic rings. The van der Waals surface area contributed by atoms with Gasteiger partial charge in [0.1, 0.15) is 5.82 Å². The molecular weight excluding hydrogens is 299 g/mol. The summed E-state index contributed by atoms with van der Waals surface area (Å²) in [5, 5.41) is 5.99. The van der Waals surface area contributed by atoms with E-state index in [0.717, 1.165) is 0 Å². The Morgan fingerprint density at radius 1 is 1.26 bits per heavy atom. The molecule has 3 amide bonds. The molecule has 6 nitrogen and oxygen atoms in total. The third kappa shape index (κ3) is 2.88. The number of nitrogens with zero attached hydrogens (tertiary/aromatic N) is 2. The Balaban J connectivity index is 1.89. The van der Waals surface area contributed by atoms with Crippen molar-refractivity contribution in [3.63, 3.8) is 0 Å². The molecule has 2 unspecified atom stereocenters. The number of hydrogen-bond acceptors (Lipinski definition) is 3. The van der Waals surface area contributed by atoms with E-state index in [1.165, 1.54) is 23.1 Å². The summed E-state index contributed by atoms with van der Waals surface area (Å²) in [5.74, 6) is -0.887. The van der Waals surface area contributed by atoms with Crippen LogP contribution in [0.1, 0.15) is 24.2 Å². The van der Waals surface area contributed by atoms with Gasteiger partial charge in [0, 0.05) is 44.0 Å². The van der Waals surface area contributed by atoms with E-state index in [-0.39, 0.29) is 29.6 Å². The van der Waals surface area contributed by atoms with E-state index in [9.17, 15) is 14.0 Å². The fourth-order valence-electron chi connectivity index (χ4n) is 3.06. The van der Waals surface area contributed by atoms with Gasteiger partial charge in [0.25, 0.3) is 5.91 Å². The Morgan fingerprint density at radius 2 is 2.04 bits per heavy atom. The topological polar surface area (TPSA) is 64.7 Å². The number of benzene rings is 1. The fraction of sp³-hybridized carbons (Fsp3) is 0.500. The van der Waals surface area contributed by atoms with Gasteiger partial charge >= 0.3 is 6.03 Å². The lowest BCUT2D eigenvalue weighted by Crippen LogP contribution is -2.57. The molecule has 2 saturated heterocycles. The second-order valence-corrected chi connectivity index (χ2v) is 6.03. The molecule has 7 heteroatoms. The lowest BCUT2D eigenvalue weighted by atomic mass is 10.0. The van der Waals surface area contributed by atoms with Gasteiger partial charge in [-0.15, -0.1) is 0 Å². The molecule has 2 fully saturated rings. The number of urea groups is 1. The first-order chi connectivity index (χ1) is 11.0. The molecule has 23 heavy (non-hydrogen) atoms. The number of rotatable bonds is 2. The maximum atomic E-state index is 14.2. The maximum Gasteiger partial charge on any atom is 0.321 e. The number of carbonyl (C=O) groups excluding carboxylic acids is 2. The zero-order valence-electron chi connectivity index (χ0n) is 13.3. The van der Waals surface area contributed by atoms with E-state index >= 15 is 0 Å². The number of piperazine rings is 1. The van der Waals surface area contributed by atoms with Gasteiger partial charge in [0.05, 0.1) is 5.56 Å². The number of anilines is 1. The summed E-state index contributed by atoms with van der Waals surface area (Å²) in [4.78, 5) is 27.7. The summed E-state index contributed by atoms with van der Waals surface area (Å²) in [5.41, 5.74) is 0.559. The van der Waals surface area contributed by atoms with E-state index < -0.39 is 5.82 Å². The predicted molar refractivity (Wildman–Crippen MR) is 85.1 cm³/mol. The van der Waals surface area contributed by atoms with Crippen molar-refractivity contribution in [3.05, 3.63) is 29.6 Å². The van der Waals surface area contributed by atoms with Crippen LogP contribution in [0.3, 0.4) is 0 Å². The third-order valence-corrected chi connectivity index (χ3v) is 4.64. The van der Waals surface area contributed by atoms with Crippen LogP contribution in [0.5, 0.6) is 0 Å². The highest BCUT2D eigenvalue weighted by atomic mass is 19.1. The minimum atomic E-state index is -0.559. The van der Waals surface area contributed by atoms with E-state index in [2.05, 4.69) is 10.6 Å². The first-order valence-electron chi connectivity index (χ1n) is 7.88. The largest absolute Gasteiger partial charge is 0.336 e. The number of carbonyl (C=O) groups is 2. The average molecular weight is 320 g/mol. The van der Waals surface area contributed by atoms with Crippen LogP contribution >= 0.6 is 0 Å². The fourth-order valence-corrected chi connectivity index (χ4v) is 3.06. The monoisotopic (exact) mass is 320 g/mol. The zero-order valence-corrected chi connectivity index (χ0v) is 13.3. The van der Waals surface area contributed by atoms with Crippen molar-refractivity contribution < 1.29 is 14.0 Å². The summed E-state index contributed by atoms with van der Waals surface area (Å²) < 4.78 is 14.2.